The fourth-order valence-corrected chi connectivity index (χ4v) is 1.43. The number of hydrogen-bond acceptors (Lipinski definition) is 3. The van der Waals surface area contributed by atoms with Crippen LogP contribution in [-0.2, 0) is 0 Å². The van der Waals surface area contributed by atoms with Crippen LogP contribution in [0.15, 0.2) is 30.3 Å². The zero-order valence-electron chi connectivity index (χ0n) is 8.69. The number of fused-ring (bicyclic) bond motifs is 1. The van der Waals surface area contributed by atoms with Gasteiger partial charge in [0.15, 0.2) is 0 Å². The van der Waals surface area contributed by atoms with Gasteiger partial charge in [-0.15, -0.1) is 0 Å². The summed E-state index contributed by atoms with van der Waals surface area (Å²) in [5, 5.41) is 30.2. The van der Waals surface area contributed by atoms with Crippen LogP contribution in [0.2, 0.25) is 0 Å². The van der Waals surface area contributed by atoms with E-state index in [9.17, 15) is 5.11 Å². The number of rotatable bonds is 0. The van der Waals surface area contributed by atoms with Gasteiger partial charge in [0.25, 0.3) is 0 Å². The summed E-state index contributed by atoms with van der Waals surface area (Å²) in [4.78, 5) is 0. The minimum Gasteiger partial charge on any atom is -0.872 e. The van der Waals surface area contributed by atoms with Gasteiger partial charge in [0.05, 0.1) is 17.7 Å². The van der Waals surface area contributed by atoms with Gasteiger partial charge in [-0.05, 0) is 29.0 Å². The van der Waals surface area contributed by atoms with E-state index in [0.717, 1.165) is 10.8 Å². The summed E-state index contributed by atoms with van der Waals surface area (Å²) >= 11 is 0. The smallest absolute Gasteiger partial charge is 0.872 e. The van der Waals surface area contributed by atoms with Crippen LogP contribution in [0.1, 0.15) is 11.1 Å². The fraction of sp³-hybridized carbons (Fsp3) is 0. The second-order valence-corrected chi connectivity index (χ2v) is 3.13. The van der Waals surface area contributed by atoms with Crippen molar-refractivity contribution in [3.63, 3.8) is 0 Å². The molecule has 0 aromatic heterocycles. The monoisotopic (exact) mass is 216 g/mol. The van der Waals surface area contributed by atoms with Crippen molar-refractivity contribution < 1.29 is 34.7 Å². The summed E-state index contributed by atoms with van der Waals surface area (Å²) in [6, 6.07) is 11.8. The Morgan fingerprint density at radius 1 is 0.938 bits per heavy atom. The summed E-state index contributed by atoms with van der Waals surface area (Å²) < 4.78 is 0. The molecule has 0 N–H and O–H groups in total. The van der Waals surface area contributed by atoms with Crippen molar-refractivity contribution in [3.05, 3.63) is 41.5 Å². The van der Waals surface area contributed by atoms with Gasteiger partial charge in [-0.2, -0.15) is 10.5 Å². The Morgan fingerprint density at radius 3 is 2.31 bits per heavy atom. The molecule has 0 fully saturated rings. The third-order valence-corrected chi connectivity index (χ3v) is 2.19. The maximum Gasteiger partial charge on any atom is 1.00 e. The number of hydrogen-bond donors (Lipinski definition) is 0. The molecule has 2 aromatic rings. The molecule has 0 radical (unpaired) electrons. The van der Waals surface area contributed by atoms with E-state index in [1.54, 1.807) is 18.2 Å². The Bertz CT molecular complexity index is 623. The van der Waals surface area contributed by atoms with E-state index in [1.807, 2.05) is 12.1 Å². The van der Waals surface area contributed by atoms with Crippen LogP contribution in [0, 0.1) is 22.7 Å². The molecule has 0 saturated heterocycles. The largest absolute Gasteiger partial charge is 1.00 e. The van der Waals surface area contributed by atoms with Crippen molar-refractivity contribution in [1.29, 1.82) is 10.5 Å². The average molecular weight is 216 g/mol. The minimum absolute atomic E-state index is 0. The quantitative estimate of drug-likeness (QED) is 0.512. The maximum atomic E-state index is 11.3. The van der Waals surface area contributed by atoms with E-state index in [4.69, 9.17) is 10.5 Å². The molecule has 2 rings (SSSR count). The van der Waals surface area contributed by atoms with Crippen LogP contribution < -0.4 is 34.7 Å². The SMILES string of the molecule is N#Cc1ccc2cc([O-])c(C#N)cc2c1.[Na+]. The Hall–Kier alpha value is -1.52. The molecule has 0 atom stereocenters. The van der Waals surface area contributed by atoms with Crippen molar-refractivity contribution in [1.82, 2.24) is 0 Å². The standard InChI is InChI=1S/C12H6N2O.Na/c13-6-8-1-2-9-5-12(15)11(7-14)4-10(9)3-8;/h1-5,15H;/q;+1/p-1. The Balaban J connectivity index is 0.00000128. The summed E-state index contributed by atoms with van der Waals surface area (Å²) in [5.41, 5.74) is 0.627. The first-order chi connectivity index (χ1) is 7.24. The molecule has 0 heterocycles. The molecule has 3 nitrogen and oxygen atoms in total. The summed E-state index contributed by atoms with van der Waals surface area (Å²) in [7, 11) is 0. The predicted octanol–water partition coefficient (Wildman–Crippen LogP) is -1.34. The topological polar surface area (TPSA) is 70.6 Å². The van der Waals surface area contributed by atoms with Crippen LogP contribution in [0.4, 0.5) is 0 Å². The molecule has 70 valence electrons. The zero-order chi connectivity index (χ0) is 10.8. The van der Waals surface area contributed by atoms with Gasteiger partial charge >= 0.3 is 29.6 Å². The predicted molar refractivity (Wildman–Crippen MR) is 52.8 cm³/mol. The van der Waals surface area contributed by atoms with Gasteiger partial charge in [0, 0.05) is 5.56 Å². The average Bonchev–Trinajstić information content (AvgIpc) is 2.27. The molecule has 16 heavy (non-hydrogen) atoms. The molecular formula is C12H5N2NaO. The molecule has 4 heteroatoms. The second-order valence-electron chi connectivity index (χ2n) is 3.13. The minimum atomic E-state index is -0.283. The Kier molecular flexibility index (Phi) is 3.93. The van der Waals surface area contributed by atoms with Gasteiger partial charge in [-0.1, -0.05) is 17.9 Å². The van der Waals surface area contributed by atoms with Gasteiger partial charge in [-0.3, -0.25) is 0 Å². The van der Waals surface area contributed by atoms with Crippen molar-refractivity contribution >= 4 is 10.8 Å². The molecule has 2 aromatic carbocycles. The number of nitriles is 2. The van der Waals surface area contributed by atoms with Crippen LogP contribution >= 0.6 is 0 Å². The van der Waals surface area contributed by atoms with Gasteiger partial charge in [-0.25, -0.2) is 0 Å². The van der Waals surface area contributed by atoms with Gasteiger partial charge in [0.2, 0.25) is 0 Å². The Labute approximate surface area is 115 Å². The van der Waals surface area contributed by atoms with E-state index in [0.29, 0.717) is 5.56 Å². The number of benzene rings is 2. The van der Waals surface area contributed by atoms with E-state index in [1.165, 1.54) is 12.1 Å². The van der Waals surface area contributed by atoms with Crippen LogP contribution in [-0.4, -0.2) is 0 Å². The molecule has 0 aliphatic rings. The third-order valence-electron chi connectivity index (χ3n) is 2.19. The van der Waals surface area contributed by atoms with Crippen molar-refractivity contribution in [2.75, 3.05) is 0 Å². The van der Waals surface area contributed by atoms with E-state index < -0.39 is 0 Å². The summed E-state index contributed by atoms with van der Waals surface area (Å²) in [6.07, 6.45) is 0. The van der Waals surface area contributed by atoms with Gasteiger partial charge < -0.3 is 5.11 Å². The van der Waals surface area contributed by atoms with E-state index >= 15 is 0 Å². The van der Waals surface area contributed by atoms with E-state index in [-0.39, 0.29) is 40.9 Å². The third kappa shape index (κ3) is 2.18. The first-order valence-electron chi connectivity index (χ1n) is 4.29. The number of nitrogens with zero attached hydrogens (tertiary/aromatic N) is 2. The summed E-state index contributed by atoms with van der Waals surface area (Å²) in [5.74, 6) is -0.283. The molecule has 0 aliphatic carbocycles. The molecular weight excluding hydrogens is 211 g/mol. The van der Waals surface area contributed by atoms with Gasteiger partial charge in [0.1, 0.15) is 0 Å². The van der Waals surface area contributed by atoms with E-state index in [2.05, 4.69) is 0 Å². The molecule has 0 spiro atoms. The molecule has 0 aliphatic heterocycles. The van der Waals surface area contributed by atoms with Crippen LogP contribution in [0.25, 0.3) is 10.8 Å². The van der Waals surface area contributed by atoms with Crippen LogP contribution in [0.3, 0.4) is 0 Å². The first kappa shape index (κ1) is 12.5. The maximum absolute atomic E-state index is 11.3. The van der Waals surface area contributed by atoms with Crippen molar-refractivity contribution in [2.45, 2.75) is 0 Å². The normalized spacial score (nSPS) is 8.88. The molecule has 0 bridgehead atoms. The second kappa shape index (κ2) is 5.01. The molecule has 0 amide bonds. The van der Waals surface area contributed by atoms with Crippen LogP contribution in [0.5, 0.6) is 5.75 Å². The Morgan fingerprint density at radius 2 is 1.69 bits per heavy atom. The first-order valence-corrected chi connectivity index (χ1v) is 4.29. The van der Waals surface area contributed by atoms with Crippen molar-refractivity contribution in [2.24, 2.45) is 0 Å². The fourth-order valence-electron chi connectivity index (χ4n) is 1.43. The molecule has 0 unspecified atom stereocenters. The zero-order valence-corrected chi connectivity index (χ0v) is 10.7. The summed E-state index contributed by atoms with van der Waals surface area (Å²) in [6.45, 7) is 0. The van der Waals surface area contributed by atoms with Crippen molar-refractivity contribution in [3.8, 4) is 17.9 Å². The molecule has 0 saturated carbocycles.